The van der Waals surface area contributed by atoms with Crippen molar-refractivity contribution in [3.63, 3.8) is 0 Å². The van der Waals surface area contributed by atoms with Crippen molar-refractivity contribution < 1.29 is 4.92 Å². The smallest absolute Gasteiger partial charge is 0.222 e. The molecule has 4 heteroatoms. The van der Waals surface area contributed by atoms with Crippen molar-refractivity contribution in [3.8, 4) is 0 Å². The van der Waals surface area contributed by atoms with Crippen molar-refractivity contribution in [2.45, 2.75) is 13.0 Å². The number of rotatable bonds is 3. The summed E-state index contributed by atoms with van der Waals surface area (Å²) in [4.78, 5) is 11.5. The monoisotopic (exact) mass is 132 g/mol. The third kappa shape index (κ3) is 3.90. The second-order valence-electron chi connectivity index (χ2n) is 2.40. The predicted molar refractivity (Wildman–Crippen MR) is 35.0 cm³/mol. The summed E-state index contributed by atoms with van der Waals surface area (Å²) in [7, 11) is 3.64. The molecule has 1 atom stereocenters. The van der Waals surface area contributed by atoms with Crippen molar-refractivity contribution in [1.82, 2.24) is 4.90 Å². The molecule has 0 aliphatic carbocycles. The minimum absolute atomic E-state index is 0.278. The van der Waals surface area contributed by atoms with Gasteiger partial charge in [-0.3, -0.25) is 10.1 Å². The number of likely N-dealkylation sites (N-methyl/N-ethyl adjacent to an activating group) is 1. The van der Waals surface area contributed by atoms with Crippen molar-refractivity contribution in [3.05, 3.63) is 10.1 Å². The Kier molecular flexibility index (Phi) is 3.16. The van der Waals surface area contributed by atoms with Crippen LogP contribution in [0.4, 0.5) is 0 Å². The van der Waals surface area contributed by atoms with Gasteiger partial charge in [-0.05, 0) is 14.1 Å². The lowest BCUT2D eigenvalue weighted by Gasteiger charge is -2.09. The standard InChI is InChI=1S/C5H12N2O2/c1-5(7(8)9)4-6(2)3/h5H,4H2,1-3H3/t5-/m0/s1. The summed E-state index contributed by atoms with van der Waals surface area (Å²) in [6.45, 7) is 2.10. The number of nitrogens with zero attached hydrogens (tertiary/aromatic N) is 2. The Morgan fingerprint density at radius 2 is 2.11 bits per heavy atom. The summed E-state index contributed by atoms with van der Waals surface area (Å²) in [5.41, 5.74) is 0. The van der Waals surface area contributed by atoms with E-state index >= 15 is 0 Å². The van der Waals surface area contributed by atoms with Gasteiger partial charge in [0, 0.05) is 11.8 Å². The molecule has 9 heavy (non-hydrogen) atoms. The van der Waals surface area contributed by atoms with Crippen LogP contribution in [0.15, 0.2) is 0 Å². The highest BCUT2D eigenvalue weighted by Gasteiger charge is 2.12. The molecule has 0 aromatic rings. The molecule has 0 aromatic carbocycles. The molecule has 0 aromatic heterocycles. The lowest BCUT2D eigenvalue weighted by atomic mass is 10.3. The van der Waals surface area contributed by atoms with Gasteiger partial charge in [-0.15, -0.1) is 0 Å². The number of hydrogen-bond acceptors (Lipinski definition) is 3. The summed E-state index contributed by atoms with van der Waals surface area (Å²) < 4.78 is 0. The number of nitro groups is 1. The molecule has 0 aliphatic rings. The summed E-state index contributed by atoms with van der Waals surface area (Å²) >= 11 is 0. The molecule has 54 valence electrons. The second-order valence-corrected chi connectivity index (χ2v) is 2.40. The lowest BCUT2D eigenvalue weighted by Crippen LogP contribution is -2.29. The Bertz CT molecular complexity index is 103. The van der Waals surface area contributed by atoms with Crippen molar-refractivity contribution in [2.24, 2.45) is 0 Å². The predicted octanol–water partition coefficient (Wildman–Crippen LogP) is 0.213. The quantitative estimate of drug-likeness (QED) is 0.407. The van der Waals surface area contributed by atoms with Crippen molar-refractivity contribution in [1.29, 1.82) is 0 Å². The molecule has 0 saturated heterocycles. The van der Waals surface area contributed by atoms with E-state index in [1.54, 1.807) is 11.8 Å². The average Bonchev–Trinajstić information content (AvgIpc) is 1.63. The van der Waals surface area contributed by atoms with Gasteiger partial charge in [-0.25, -0.2) is 0 Å². The molecule has 0 spiro atoms. The molecule has 0 saturated carbocycles. The summed E-state index contributed by atoms with van der Waals surface area (Å²) in [5, 5.41) is 10.0. The highest BCUT2D eigenvalue weighted by atomic mass is 16.6. The first-order valence-corrected chi connectivity index (χ1v) is 2.82. The highest BCUT2D eigenvalue weighted by molar-refractivity contribution is 4.50. The molecule has 0 N–H and O–H groups in total. The molecule has 0 rings (SSSR count). The molecule has 0 heterocycles. The Labute approximate surface area is 54.6 Å². The second kappa shape index (κ2) is 3.40. The third-order valence-electron chi connectivity index (χ3n) is 0.989. The fourth-order valence-electron chi connectivity index (χ4n) is 0.595. The maximum Gasteiger partial charge on any atom is 0.222 e. The van der Waals surface area contributed by atoms with E-state index in [1.165, 1.54) is 0 Å². The summed E-state index contributed by atoms with van der Waals surface area (Å²) in [6, 6.07) is -0.458. The minimum Gasteiger partial charge on any atom is -0.303 e. The van der Waals surface area contributed by atoms with Gasteiger partial charge in [0.15, 0.2) is 0 Å². The summed E-state index contributed by atoms with van der Waals surface area (Å²) in [5.74, 6) is 0. The van der Waals surface area contributed by atoms with Gasteiger partial charge in [0.1, 0.15) is 0 Å². The summed E-state index contributed by atoms with van der Waals surface area (Å²) in [6.07, 6.45) is 0. The topological polar surface area (TPSA) is 46.4 Å². The van der Waals surface area contributed by atoms with E-state index in [0.717, 1.165) is 0 Å². The molecule has 0 radical (unpaired) electrons. The van der Waals surface area contributed by atoms with Crippen LogP contribution >= 0.6 is 0 Å². The molecule has 0 amide bonds. The van der Waals surface area contributed by atoms with E-state index in [0.29, 0.717) is 6.54 Å². The van der Waals surface area contributed by atoms with Crippen LogP contribution in [-0.2, 0) is 0 Å². The normalized spacial score (nSPS) is 13.8. The van der Waals surface area contributed by atoms with Crippen LogP contribution in [0.5, 0.6) is 0 Å². The Morgan fingerprint density at radius 1 is 1.67 bits per heavy atom. The molecule has 0 bridgehead atoms. The zero-order valence-corrected chi connectivity index (χ0v) is 6.00. The van der Waals surface area contributed by atoms with E-state index in [9.17, 15) is 10.1 Å². The van der Waals surface area contributed by atoms with E-state index < -0.39 is 6.04 Å². The van der Waals surface area contributed by atoms with Gasteiger partial charge in [0.05, 0.1) is 6.54 Å². The fourth-order valence-corrected chi connectivity index (χ4v) is 0.595. The van der Waals surface area contributed by atoms with Crippen LogP contribution in [0.2, 0.25) is 0 Å². The zero-order valence-electron chi connectivity index (χ0n) is 6.00. The fraction of sp³-hybridized carbons (Fsp3) is 1.00. The maximum absolute atomic E-state index is 10.0. The van der Waals surface area contributed by atoms with Crippen LogP contribution in [0.3, 0.4) is 0 Å². The zero-order chi connectivity index (χ0) is 7.44. The average molecular weight is 132 g/mol. The lowest BCUT2D eigenvalue weighted by molar-refractivity contribution is -0.518. The van der Waals surface area contributed by atoms with Crippen LogP contribution in [0.1, 0.15) is 6.92 Å². The molecule has 0 unspecified atom stereocenters. The van der Waals surface area contributed by atoms with Crippen molar-refractivity contribution >= 4 is 0 Å². The number of hydrogen-bond donors (Lipinski definition) is 0. The maximum atomic E-state index is 10.0. The Balaban J connectivity index is 3.50. The van der Waals surface area contributed by atoms with Crippen molar-refractivity contribution in [2.75, 3.05) is 20.6 Å². The minimum atomic E-state index is -0.458. The first kappa shape index (κ1) is 8.36. The molecular weight excluding hydrogens is 120 g/mol. The van der Waals surface area contributed by atoms with E-state index in [-0.39, 0.29) is 4.92 Å². The van der Waals surface area contributed by atoms with Gasteiger partial charge < -0.3 is 4.90 Å². The van der Waals surface area contributed by atoms with Gasteiger partial charge in [0.25, 0.3) is 0 Å². The first-order chi connectivity index (χ1) is 4.04. The van der Waals surface area contributed by atoms with Gasteiger partial charge in [-0.1, -0.05) is 0 Å². The van der Waals surface area contributed by atoms with Crippen LogP contribution < -0.4 is 0 Å². The van der Waals surface area contributed by atoms with E-state index in [2.05, 4.69) is 0 Å². The highest BCUT2D eigenvalue weighted by Crippen LogP contribution is 1.88. The van der Waals surface area contributed by atoms with Crippen LogP contribution in [0, 0.1) is 10.1 Å². The SMILES string of the molecule is C[C@@H](CN(C)C)[N+](=O)[O-]. The van der Waals surface area contributed by atoms with Gasteiger partial charge in [-0.2, -0.15) is 0 Å². The Morgan fingerprint density at radius 3 is 2.22 bits per heavy atom. The first-order valence-electron chi connectivity index (χ1n) is 2.82. The largest absolute Gasteiger partial charge is 0.303 e. The Hall–Kier alpha value is -0.640. The third-order valence-corrected chi connectivity index (χ3v) is 0.989. The van der Waals surface area contributed by atoms with E-state index in [4.69, 9.17) is 0 Å². The van der Waals surface area contributed by atoms with Gasteiger partial charge >= 0.3 is 0 Å². The molecular formula is C5H12N2O2. The van der Waals surface area contributed by atoms with Crippen LogP contribution in [0.25, 0.3) is 0 Å². The van der Waals surface area contributed by atoms with Gasteiger partial charge in [0.2, 0.25) is 6.04 Å². The van der Waals surface area contributed by atoms with E-state index in [1.807, 2.05) is 14.1 Å². The molecule has 4 nitrogen and oxygen atoms in total. The van der Waals surface area contributed by atoms with Crippen LogP contribution in [-0.4, -0.2) is 36.5 Å². The molecule has 0 aliphatic heterocycles. The molecule has 0 fully saturated rings.